The first-order chi connectivity index (χ1) is 16.6. The number of rotatable bonds is 6. The molecule has 0 radical (unpaired) electrons. The van der Waals surface area contributed by atoms with Gasteiger partial charge < -0.3 is 5.11 Å². The number of carbonyl (C=O) groups is 1. The number of sulfonamides is 1. The van der Waals surface area contributed by atoms with E-state index >= 15 is 0 Å². The van der Waals surface area contributed by atoms with Gasteiger partial charge in [0.1, 0.15) is 0 Å². The number of non-ortho nitro benzene ring substituents is 1. The van der Waals surface area contributed by atoms with Gasteiger partial charge in [-0.3, -0.25) is 10.1 Å². The van der Waals surface area contributed by atoms with Crippen molar-refractivity contribution in [3.05, 3.63) is 116 Å². The van der Waals surface area contributed by atoms with E-state index in [9.17, 15) is 28.4 Å². The van der Waals surface area contributed by atoms with Crippen molar-refractivity contribution in [1.29, 1.82) is 0 Å². The first kappa shape index (κ1) is 24.6. The largest absolute Gasteiger partial charge is 0.478 e. The van der Waals surface area contributed by atoms with E-state index in [4.69, 9.17) is 11.6 Å². The highest BCUT2D eigenvalue weighted by Gasteiger charge is 2.44. The molecule has 4 rings (SSSR count). The Balaban J connectivity index is 1.95. The Hall–Kier alpha value is -3.53. The molecule has 0 amide bonds. The second-order valence-electron chi connectivity index (χ2n) is 8.17. The first-order valence-corrected chi connectivity index (χ1v) is 12.4. The van der Waals surface area contributed by atoms with Crippen LogP contribution in [0, 0.1) is 17.0 Å². The molecule has 0 saturated carbocycles. The molecule has 35 heavy (non-hydrogen) atoms. The minimum Gasteiger partial charge on any atom is -0.478 e. The van der Waals surface area contributed by atoms with Gasteiger partial charge in [0.2, 0.25) is 10.0 Å². The first-order valence-electron chi connectivity index (χ1n) is 10.6. The molecule has 0 bridgehead atoms. The highest BCUT2D eigenvalue weighted by molar-refractivity contribution is 7.89. The Morgan fingerprint density at radius 1 is 1.06 bits per heavy atom. The van der Waals surface area contributed by atoms with Crippen LogP contribution in [0.4, 0.5) is 5.69 Å². The van der Waals surface area contributed by atoms with Crippen LogP contribution in [0.2, 0.25) is 5.02 Å². The quantitative estimate of drug-likeness (QED) is 0.347. The topological polar surface area (TPSA) is 118 Å². The zero-order valence-corrected chi connectivity index (χ0v) is 20.1. The zero-order valence-electron chi connectivity index (χ0n) is 18.5. The second kappa shape index (κ2) is 9.61. The van der Waals surface area contributed by atoms with E-state index in [2.05, 4.69) is 0 Å². The summed E-state index contributed by atoms with van der Waals surface area (Å²) in [6, 6.07) is 16.4. The minimum absolute atomic E-state index is 0.0962. The monoisotopic (exact) mass is 512 g/mol. The normalized spacial score (nSPS) is 18.6. The maximum atomic E-state index is 14.1. The van der Waals surface area contributed by atoms with Crippen LogP contribution in [-0.2, 0) is 14.8 Å². The Kier molecular flexibility index (Phi) is 6.75. The third kappa shape index (κ3) is 4.84. The molecule has 180 valence electrons. The summed E-state index contributed by atoms with van der Waals surface area (Å²) in [6.45, 7) is 1.91. The third-order valence-electron chi connectivity index (χ3n) is 5.91. The van der Waals surface area contributed by atoms with Gasteiger partial charge in [0, 0.05) is 17.2 Å². The van der Waals surface area contributed by atoms with Gasteiger partial charge in [-0.2, -0.15) is 4.31 Å². The fourth-order valence-corrected chi connectivity index (χ4v) is 6.20. The van der Waals surface area contributed by atoms with Gasteiger partial charge in [-0.05, 0) is 48.7 Å². The molecule has 1 heterocycles. The molecule has 3 aromatic rings. The highest BCUT2D eigenvalue weighted by atomic mass is 35.5. The van der Waals surface area contributed by atoms with Gasteiger partial charge in [0.05, 0.1) is 27.5 Å². The fraction of sp³-hybridized carbons (Fsp3) is 0.160. The molecular formula is C25H21ClN2O6S. The summed E-state index contributed by atoms with van der Waals surface area (Å²) in [4.78, 5) is 22.5. The Morgan fingerprint density at radius 2 is 1.71 bits per heavy atom. The summed E-state index contributed by atoms with van der Waals surface area (Å²) in [7, 11) is -4.33. The van der Waals surface area contributed by atoms with Crippen molar-refractivity contribution in [2.45, 2.75) is 30.3 Å². The van der Waals surface area contributed by atoms with Crippen LogP contribution >= 0.6 is 11.6 Å². The van der Waals surface area contributed by atoms with Crippen molar-refractivity contribution in [2.75, 3.05) is 0 Å². The van der Waals surface area contributed by atoms with Crippen LogP contribution in [0.25, 0.3) is 0 Å². The van der Waals surface area contributed by atoms with Gasteiger partial charge >= 0.3 is 5.97 Å². The Bertz CT molecular complexity index is 1420. The average molecular weight is 513 g/mol. The van der Waals surface area contributed by atoms with E-state index in [1.54, 1.807) is 30.3 Å². The average Bonchev–Trinajstić information content (AvgIpc) is 2.83. The van der Waals surface area contributed by atoms with Crippen LogP contribution in [0.5, 0.6) is 0 Å². The Morgan fingerprint density at radius 3 is 2.29 bits per heavy atom. The SMILES string of the molecule is Cc1ccc([C@@H]2CC=C(C(=O)O)[C@H](c3cccc(Cl)c3)N2S(=O)(=O)c2ccc([N+](=O)[O-])cc2)cc1. The number of hydrogen-bond donors (Lipinski definition) is 1. The summed E-state index contributed by atoms with van der Waals surface area (Å²) in [5.41, 5.74) is 1.72. The predicted octanol–water partition coefficient (Wildman–Crippen LogP) is 5.44. The van der Waals surface area contributed by atoms with Crippen molar-refractivity contribution < 1.29 is 23.2 Å². The number of carboxylic acid groups (broad SMARTS) is 1. The van der Waals surface area contributed by atoms with E-state index < -0.39 is 33.0 Å². The molecule has 10 heteroatoms. The van der Waals surface area contributed by atoms with Gasteiger partial charge in [-0.1, -0.05) is 59.6 Å². The van der Waals surface area contributed by atoms with Crippen molar-refractivity contribution in [3.8, 4) is 0 Å². The number of nitro benzene ring substituents is 1. The summed E-state index contributed by atoms with van der Waals surface area (Å²) < 4.78 is 29.3. The summed E-state index contributed by atoms with van der Waals surface area (Å²) in [5, 5.41) is 21.4. The van der Waals surface area contributed by atoms with Gasteiger partial charge in [0.15, 0.2) is 0 Å². The van der Waals surface area contributed by atoms with Crippen molar-refractivity contribution in [1.82, 2.24) is 4.31 Å². The van der Waals surface area contributed by atoms with Crippen molar-refractivity contribution in [2.24, 2.45) is 0 Å². The van der Waals surface area contributed by atoms with Crippen LogP contribution in [0.3, 0.4) is 0 Å². The fourth-order valence-electron chi connectivity index (χ4n) is 4.22. The molecule has 0 aromatic heterocycles. The van der Waals surface area contributed by atoms with Crippen LogP contribution in [0.15, 0.2) is 89.3 Å². The molecule has 0 fully saturated rings. The standard InChI is InChI=1S/C25H21ClN2O6S/c1-16-5-7-17(8-6-16)23-14-13-22(25(29)30)24(18-3-2-4-19(26)15-18)27(23)35(33,34)21-11-9-20(10-12-21)28(31)32/h2-13,15,23-24H,14H2,1H3,(H,29,30)/t23-,24-/m0/s1. The predicted molar refractivity (Wildman–Crippen MR) is 131 cm³/mol. The van der Waals surface area contributed by atoms with E-state index in [1.807, 2.05) is 31.2 Å². The number of carboxylic acids is 1. The zero-order chi connectivity index (χ0) is 25.3. The summed E-state index contributed by atoms with van der Waals surface area (Å²) >= 11 is 6.19. The number of aryl methyl sites for hydroxylation is 1. The van der Waals surface area contributed by atoms with E-state index in [-0.39, 0.29) is 22.6 Å². The number of nitro groups is 1. The van der Waals surface area contributed by atoms with Gasteiger partial charge in [-0.25, -0.2) is 13.2 Å². The number of hydrogen-bond acceptors (Lipinski definition) is 5. The smallest absolute Gasteiger partial charge is 0.333 e. The van der Waals surface area contributed by atoms with E-state index in [0.29, 0.717) is 16.1 Å². The highest BCUT2D eigenvalue weighted by Crippen LogP contribution is 2.46. The van der Waals surface area contributed by atoms with Crippen LogP contribution < -0.4 is 0 Å². The molecule has 1 aliphatic heterocycles. The van der Waals surface area contributed by atoms with Gasteiger partial charge in [-0.15, -0.1) is 0 Å². The maximum Gasteiger partial charge on any atom is 0.333 e. The molecule has 1 aliphatic rings. The van der Waals surface area contributed by atoms with Crippen LogP contribution in [0.1, 0.15) is 35.2 Å². The molecule has 0 unspecified atom stereocenters. The molecular weight excluding hydrogens is 492 g/mol. The van der Waals surface area contributed by atoms with Crippen molar-refractivity contribution >= 4 is 33.3 Å². The number of halogens is 1. The lowest BCUT2D eigenvalue weighted by atomic mass is 9.89. The summed E-state index contributed by atoms with van der Waals surface area (Å²) in [6.07, 6.45) is 1.67. The minimum atomic E-state index is -4.33. The molecule has 3 aromatic carbocycles. The van der Waals surface area contributed by atoms with Gasteiger partial charge in [0.25, 0.3) is 5.69 Å². The molecule has 2 atom stereocenters. The van der Waals surface area contributed by atoms with Crippen LogP contribution in [-0.4, -0.2) is 28.7 Å². The number of aliphatic carboxylic acids is 1. The third-order valence-corrected chi connectivity index (χ3v) is 8.04. The Labute approximate surface area is 207 Å². The molecule has 8 nitrogen and oxygen atoms in total. The number of nitrogens with zero attached hydrogens (tertiary/aromatic N) is 2. The van der Waals surface area contributed by atoms with E-state index in [1.165, 1.54) is 4.31 Å². The molecule has 1 N–H and O–H groups in total. The lowest BCUT2D eigenvalue weighted by molar-refractivity contribution is -0.384. The molecule has 0 aliphatic carbocycles. The lowest BCUT2D eigenvalue weighted by Gasteiger charge is -2.40. The second-order valence-corrected chi connectivity index (χ2v) is 10.4. The van der Waals surface area contributed by atoms with Crippen molar-refractivity contribution in [3.63, 3.8) is 0 Å². The number of benzene rings is 3. The summed E-state index contributed by atoms with van der Waals surface area (Å²) in [5.74, 6) is -1.25. The van der Waals surface area contributed by atoms with E-state index in [0.717, 1.165) is 29.8 Å². The lowest BCUT2D eigenvalue weighted by Crippen LogP contribution is -2.42. The molecule has 0 spiro atoms. The maximum absolute atomic E-state index is 14.1. The molecule has 0 saturated heterocycles.